The molecule has 0 aliphatic heterocycles. The van der Waals surface area contributed by atoms with E-state index in [1.165, 1.54) is 6.07 Å². The fourth-order valence-corrected chi connectivity index (χ4v) is 1.92. The summed E-state index contributed by atoms with van der Waals surface area (Å²) in [5.74, 6) is 0.464. The Balaban J connectivity index is 2.43. The molecule has 2 aromatic rings. The maximum absolute atomic E-state index is 13.9. The lowest BCUT2D eigenvalue weighted by Gasteiger charge is -2.18. The topological polar surface area (TPSA) is 37.8 Å². The van der Waals surface area contributed by atoms with Crippen LogP contribution in [0.25, 0.3) is 0 Å². The maximum atomic E-state index is 13.9. The molecule has 0 amide bonds. The van der Waals surface area contributed by atoms with E-state index in [2.05, 4.69) is 15.3 Å². The van der Waals surface area contributed by atoms with Gasteiger partial charge in [-0.05, 0) is 25.6 Å². The molecule has 0 aliphatic rings. The number of hydrogen-bond donors (Lipinski definition) is 1. The summed E-state index contributed by atoms with van der Waals surface area (Å²) in [6.07, 6.45) is 1.70. The van der Waals surface area contributed by atoms with Crippen molar-refractivity contribution in [2.75, 3.05) is 6.54 Å². The third kappa shape index (κ3) is 2.71. The molecule has 2 rings (SSSR count). The molecule has 1 aromatic heterocycles. The van der Waals surface area contributed by atoms with Crippen LogP contribution in [0.4, 0.5) is 4.39 Å². The first-order chi connectivity index (χ1) is 8.72. The smallest absolute Gasteiger partial charge is 0.128 e. The van der Waals surface area contributed by atoms with Gasteiger partial charge >= 0.3 is 0 Å². The summed E-state index contributed by atoms with van der Waals surface area (Å²) in [6, 6.07) is 8.34. The average molecular weight is 245 g/mol. The van der Waals surface area contributed by atoms with Crippen LogP contribution in [-0.2, 0) is 0 Å². The van der Waals surface area contributed by atoms with Crippen molar-refractivity contribution in [3.8, 4) is 0 Å². The Kier molecular flexibility index (Phi) is 3.99. The van der Waals surface area contributed by atoms with Crippen LogP contribution >= 0.6 is 0 Å². The van der Waals surface area contributed by atoms with E-state index >= 15 is 0 Å². The van der Waals surface area contributed by atoms with Gasteiger partial charge in [-0.25, -0.2) is 14.4 Å². The van der Waals surface area contributed by atoms with Gasteiger partial charge in [0.05, 0.1) is 11.7 Å². The second-order valence-electron chi connectivity index (χ2n) is 4.04. The van der Waals surface area contributed by atoms with E-state index in [0.717, 1.165) is 12.2 Å². The Hall–Kier alpha value is -1.81. The predicted octanol–water partition coefficient (Wildman–Crippen LogP) is 2.62. The number of halogens is 1. The minimum Gasteiger partial charge on any atom is -0.305 e. The van der Waals surface area contributed by atoms with Crippen LogP contribution in [0.15, 0.2) is 36.5 Å². The van der Waals surface area contributed by atoms with E-state index in [0.29, 0.717) is 11.4 Å². The third-order valence-electron chi connectivity index (χ3n) is 2.72. The standard InChI is InChI=1S/C14H16FN3/c1-3-16-14(11-6-4-5-7-12(11)15)13-8-9-17-10(2)18-13/h4-9,14,16H,3H2,1-2H3. The Labute approximate surface area is 106 Å². The molecular weight excluding hydrogens is 229 g/mol. The van der Waals surface area contributed by atoms with Crippen molar-refractivity contribution in [2.45, 2.75) is 19.9 Å². The highest BCUT2D eigenvalue weighted by atomic mass is 19.1. The molecule has 4 heteroatoms. The van der Waals surface area contributed by atoms with E-state index in [4.69, 9.17) is 0 Å². The lowest BCUT2D eigenvalue weighted by Crippen LogP contribution is -2.24. The molecule has 0 saturated carbocycles. The molecule has 0 fully saturated rings. The van der Waals surface area contributed by atoms with Gasteiger partial charge in [0.15, 0.2) is 0 Å². The summed E-state index contributed by atoms with van der Waals surface area (Å²) < 4.78 is 13.9. The summed E-state index contributed by atoms with van der Waals surface area (Å²) in [5.41, 5.74) is 1.40. The van der Waals surface area contributed by atoms with Crippen molar-refractivity contribution in [3.63, 3.8) is 0 Å². The monoisotopic (exact) mass is 245 g/mol. The summed E-state index contributed by atoms with van der Waals surface area (Å²) in [5, 5.41) is 3.25. The van der Waals surface area contributed by atoms with E-state index in [9.17, 15) is 4.39 Å². The highest BCUT2D eigenvalue weighted by Gasteiger charge is 2.17. The van der Waals surface area contributed by atoms with Gasteiger partial charge in [-0.3, -0.25) is 0 Å². The summed E-state index contributed by atoms with van der Waals surface area (Å²) in [4.78, 5) is 8.44. The molecule has 1 heterocycles. The van der Waals surface area contributed by atoms with Crippen molar-refractivity contribution < 1.29 is 4.39 Å². The molecule has 1 aromatic carbocycles. The Morgan fingerprint density at radius 3 is 2.72 bits per heavy atom. The summed E-state index contributed by atoms with van der Waals surface area (Å²) in [6.45, 7) is 4.55. The number of hydrogen-bond acceptors (Lipinski definition) is 3. The Morgan fingerprint density at radius 1 is 1.28 bits per heavy atom. The van der Waals surface area contributed by atoms with Gasteiger partial charge in [-0.15, -0.1) is 0 Å². The normalized spacial score (nSPS) is 12.4. The first-order valence-electron chi connectivity index (χ1n) is 5.99. The van der Waals surface area contributed by atoms with Crippen LogP contribution < -0.4 is 5.32 Å². The minimum atomic E-state index is -0.238. The fraction of sp³-hybridized carbons (Fsp3) is 0.286. The number of benzene rings is 1. The largest absolute Gasteiger partial charge is 0.305 e. The van der Waals surface area contributed by atoms with Gasteiger partial charge in [0.25, 0.3) is 0 Å². The van der Waals surface area contributed by atoms with Crippen LogP contribution in [0.5, 0.6) is 0 Å². The number of nitrogens with one attached hydrogen (secondary N) is 1. The number of aryl methyl sites for hydroxylation is 1. The first kappa shape index (κ1) is 12.6. The molecule has 0 aliphatic carbocycles. The van der Waals surface area contributed by atoms with Crippen LogP contribution in [0.2, 0.25) is 0 Å². The first-order valence-corrected chi connectivity index (χ1v) is 5.99. The van der Waals surface area contributed by atoms with Crippen molar-refractivity contribution in [1.29, 1.82) is 0 Å². The molecule has 0 spiro atoms. The van der Waals surface area contributed by atoms with E-state index in [1.807, 2.05) is 26.0 Å². The molecule has 1 unspecified atom stereocenters. The van der Waals surface area contributed by atoms with Crippen molar-refractivity contribution in [3.05, 3.63) is 59.4 Å². The van der Waals surface area contributed by atoms with Gasteiger partial charge in [-0.2, -0.15) is 0 Å². The second kappa shape index (κ2) is 5.69. The van der Waals surface area contributed by atoms with Gasteiger partial charge in [0.1, 0.15) is 11.6 Å². The molecule has 1 N–H and O–H groups in total. The Morgan fingerprint density at radius 2 is 2.06 bits per heavy atom. The van der Waals surface area contributed by atoms with Crippen LogP contribution in [-0.4, -0.2) is 16.5 Å². The Bertz CT molecular complexity index is 528. The average Bonchev–Trinajstić information content (AvgIpc) is 2.37. The quantitative estimate of drug-likeness (QED) is 0.899. The van der Waals surface area contributed by atoms with Gasteiger partial charge in [0.2, 0.25) is 0 Å². The lowest BCUT2D eigenvalue weighted by molar-refractivity contribution is 0.550. The second-order valence-corrected chi connectivity index (χ2v) is 4.04. The zero-order chi connectivity index (χ0) is 13.0. The number of rotatable bonds is 4. The van der Waals surface area contributed by atoms with E-state index in [1.54, 1.807) is 18.3 Å². The van der Waals surface area contributed by atoms with Gasteiger partial charge < -0.3 is 5.32 Å². The van der Waals surface area contributed by atoms with E-state index in [-0.39, 0.29) is 11.9 Å². The maximum Gasteiger partial charge on any atom is 0.128 e. The highest BCUT2D eigenvalue weighted by Crippen LogP contribution is 2.22. The molecule has 1 atom stereocenters. The molecule has 3 nitrogen and oxygen atoms in total. The zero-order valence-corrected chi connectivity index (χ0v) is 10.5. The van der Waals surface area contributed by atoms with Crippen LogP contribution in [0.1, 0.15) is 30.0 Å². The number of aromatic nitrogens is 2. The molecule has 0 bridgehead atoms. The van der Waals surface area contributed by atoms with Crippen molar-refractivity contribution in [2.24, 2.45) is 0 Å². The zero-order valence-electron chi connectivity index (χ0n) is 10.5. The highest BCUT2D eigenvalue weighted by molar-refractivity contribution is 5.28. The molecule has 18 heavy (non-hydrogen) atoms. The van der Waals surface area contributed by atoms with Crippen molar-refractivity contribution in [1.82, 2.24) is 15.3 Å². The molecule has 94 valence electrons. The predicted molar refractivity (Wildman–Crippen MR) is 68.7 cm³/mol. The van der Waals surface area contributed by atoms with Gasteiger partial charge in [-0.1, -0.05) is 25.1 Å². The third-order valence-corrected chi connectivity index (χ3v) is 2.72. The SMILES string of the molecule is CCNC(c1ccnc(C)n1)c1ccccc1F. The number of nitrogens with zero attached hydrogens (tertiary/aromatic N) is 2. The van der Waals surface area contributed by atoms with Crippen LogP contribution in [0.3, 0.4) is 0 Å². The minimum absolute atomic E-state index is 0.222. The van der Waals surface area contributed by atoms with E-state index < -0.39 is 0 Å². The molecular formula is C14H16FN3. The summed E-state index contributed by atoms with van der Waals surface area (Å²) in [7, 11) is 0. The van der Waals surface area contributed by atoms with Crippen LogP contribution in [0, 0.1) is 12.7 Å². The molecule has 0 radical (unpaired) electrons. The summed E-state index contributed by atoms with van der Waals surface area (Å²) >= 11 is 0. The van der Waals surface area contributed by atoms with Gasteiger partial charge in [0, 0.05) is 11.8 Å². The molecule has 0 saturated heterocycles. The lowest BCUT2D eigenvalue weighted by atomic mass is 10.0. The fourth-order valence-electron chi connectivity index (χ4n) is 1.92. The van der Waals surface area contributed by atoms with Crippen molar-refractivity contribution >= 4 is 0 Å².